The number of rotatable bonds is 12. The van der Waals surface area contributed by atoms with Crippen LogP contribution in [0, 0.1) is 0 Å². The van der Waals surface area contributed by atoms with E-state index in [0.717, 1.165) is 12.8 Å². The molecule has 18 heavy (non-hydrogen) atoms. The van der Waals surface area contributed by atoms with Crippen LogP contribution < -0.4 is 0 Å². The Bertz CT molecular complexity index is 227. The second-order valence-electron chi connectivity index (χ2n) is 3.79. The van der Waals surface area contributed by atoms with E-state index in [1.54, 1.807) is 13.8 Å². The summed E-state index contributed by atoms with van der Waals surface area (Å²) in [4.78, 5) is 9.60. The van der Waals surface area contributed by atoms with Gasteiger partial charge in [0.05, 0.1) is 26.0 Å². The van der Waals surface area contributed by atoms with Crippen molar-refractivity contribution < 1.29 is 23.0 Å². The standard InChI is InChI=1S/C11H26O5P2/c1-4-7-9-14-17(12)10-8-11-18(13,15-5-2)16-6-3/h12H,4-11H2,1-3H3. The van der Waals surface area contributed by atoms with Crippen molar-refractivity contribution >= 4 is 16.0 Å². The monoisotopic (exact) mass is 300 g/mol. The Morgan fingerprint density at radius 1 is 1.11 bits per heavy atom. The first kappa shape index (κ1) is 18.5. The van der Waals surface area contributed by atoms with Gasteiger partial charge in [0, 0.05) is 6.16 Å². The summed E-state index contributed by atoms with van der Waals surface area (Å²) in [5.41, 5.74) is 0. The van der Waals surface area contributed by atoms with Crippen LogP contribution in [0.25, 0.3) is 0 Å². The molecule has 0 aliphatic heterocycles. The van der Waals surface area contributed by atoms with Gasteiger partial charge in [-0.2, -0.15) is 0 Å². The lowest BCUT2D eigenvalue weighted by Crippen LogP contribution is -2.02. The van der Waals surface area contributed by atoms with E-state index in [1.807, 2.05) is 0 Å². The highest BCUT2D eigenvalue weighted by Crippen LogP contribution is 2.49. The molecule has 0 saturated carbocycles. The van der Waals surface area contributed by atoms with Crippen molar-refractivity contribution in [3.05, 3.63) is 0 Å². The van der Waals surface area contributed by atoms with Crippen molar-refractivity contribution in [2.75, 3.05) is 32.1 Å². The van der Waals surface area contributed by atoms with Gasteiger partial charge < -0.3 is 18.5 Å². The highest BCUT2D eigenvalue weighted by atomic mass is 31.2. The molecule has 0 aromatic rings. The molecule has 0 radical (unpaired) electrons. The summed E-state index contributed by atoms with van der Waals surface area (Å²) in [5, 5.41) is 0. The van der Waals surface area contributed by atoms with Crippen LogP contribution in [0.5, 0.6) is 0 Å². The summed E-state index contributed by atoms with van der Waals surface area (Å²) < 4.78 is 27.7. The molecule has 1 unspecified atom stereocenters. The van der Waals surface area contributed by atoms with Crippen LogP contribution in [0.3, 0.4) is 0 Å². The predicted octanol–water partition coefficient (Wildman–Crippen LogP) is 3.76. The topological polar surface area (TPSA) is 65.0 Å². The Morgan fingerprint density at radius 2 is 1.72 bits per heavy atom. The van der Waals surface area contributed by atoms with Gasteiger partial charge in [-0.1, -0.05) is 13.3 Å². The highest BCUT2D eigenvalue weighted by molar-refractivity contribution is 7.54. The van der Waals surface area contributed by atoms with Gasteiger partial charge >= 0.3 is 7.60 Å². The molecule has 0 fully saturated rings. The molecule has 1 atom stereocenters. The molecule has 0 aliphatic carbocycles. The molecule has 0 heterocycles. The van der Waals surface area contributed by atoms with Crippen LogP contribution in [0.1, 0.15) is 40.0 Å². The summed E-state index contributed by atoms with van der Waals surface area (Å²) in [6.07, 6.45) is 3.45. The van der Waals surface area contributed by atoms with Gasteiger partial charge in [-0.05, 0) is 26.7 Å². The number of unbranched alkanes of at least 4 members (excludes halogenated alkanes) is 1. The first-order valence-corrected chi connectivity index (χ1v) is 9.68. The molecule has 0 rings (SSSR count). The summed E-state index contributed by atoms with van der Waals surface area (Å²) in [5.74, 6) is 0. The summed E-state index contributed by atoms with van der Waals surface area (Å²) in [6.45, 7) is 6.99. The highest BCUT2D eigenvalue weighted by Gasteiger charge is 2.23. The lowest BCUT2D eigenvalue weighted by molar-refractivity contribution is 0.220. The Morgan fingerprint density at radius 3 is 2.22 bits per heavy atom. The van der Waals surface area contributed by atoms with Gasteiger partial charge in [-0.3, -0.25) is 4.57 Å². The van der Waals surface area contributed by atoms with E-state index >= 15 is 0 Å². The number of hydrogen-bond donors (Lipinski definition) is 1. The van der Waals surface area contributed by atoms with Crippen LogP contribution in [-0.2, 0) is 18.1 Å². The Kier molecular flexibility index (Phi) is 11.7. The maximum absolute atomic E-state index is 12.1. The molecule has 1 N–H and O–H groups in total. The van der Waals surface area contributed by atoms with Crippen molar-refractivity contribution in [2.45, 2.75) is 40.0 Å². The first-order chi connectivity index (χ1) is 8.58. The third-order valence-corrected chi connectivity index (χ3v) is 5.52. The maximum atomic E-state index is 12.1. The molecule has 110 valence electrons. The first-order valence-electron chi connectivity index (χ1n) is 6.55. The molecule has 0 aliphatic rings. The average Bonchev–Trinajstić information content (AvgIpc) is 2.30. The van der Waals surface area contributed by atoms with Gasteiger partial charge in [0.15, 0.2) is 8.38 Å². The quantitative estimate of drug-likeness (QED) is 0.439. The zero-order chi connectivity index (χ0) is 13.9. The smallest absolute Gasteiger partial charge is 0.330 e. The maximum Gasteiger partial charge on any atom is 0.330 e. The van der Waals surface area contributed by atoms with E-state index < -0.39 is 16.0 Å². The van der Waals surface area contributed by atoms with E-state index in [-0.39, 0.29) is 0 Å². The van der Waals surface area contributed by atoms with E-state index in [4.69, 9.17) is 13.6 Å². The van der Waals surface area contributed by atoms with Crippen molar-refractivity contribution in [3.63, 3.8) is 0 Å². The SMILES string of the molecule is CCCCOP(O)CCCP(=O)(OCC)OCC. The van der Waals surface area contributed by atoms with E-state index in [1.165, 1.54) is 0 Å². The van der Waals surface area contributed by atoms with Gasteiger partial charge in [0.1, 0.15) is 0 Å². The fourth-order valence-corrected chi connectivity index (χ4v) is 4.15. The van der Waals surface area contributed by atoms with E-state index in [0.29, 0.717) is 38.6 Å². The molecule has 0 saturated heterocycles. The molecular formula is C11H26O5P2. The van der Waals surface area contributed by atoms with Crippen LogP contribution in [0.2, 0.25) is 0 Å². The normalized spacial score (nSPS) is 13.8. The van der Waals surface area contributed by atoms with Crippen molar-refractivity contribution in [2.24, 2.45) is 0 Å². The zero-order valence-corrected chi connectivity index (χ0v) is 13.4. The Labute approximate surface area is 112 Å². The average molecular weight is 300 g/mol. The van der Waals surface area contributed by atoms with Gasteiger partial charge in [0.2, 0.25) is 0 Å². The fourth-order valence-electron chi connectivity index (χ4n) is 1.34. The minimum Gasteiger partial charge on any atom is -0.350 e. The van der Waals surface area contributed by atoms with Crippen molar-refractivity contribution in [1.29, 1.82) is 0 Å². The molecule has 7 heteroatoms. The van der Waals surface area contributed by atoms with Crippen LogP contribution in [-0.4, -0.2) is 37.0 Å². The zero-order valence-electron chi connectivity index (χ0n) is 11.6. The third-order valence-electron chi connectivity index (χ3n) is 2.17. The fraction of sp³-hybridized carbons (Fsp3) is 1.00. The molecule has 0 aromatic heterocycles. The van der Waals surface area contributed by atoms with Crippen LogP contribution in [0.4, 0.5) is 0 Å². The van der Waals surface area contributed by atoms with Gasteiger partial charge in [-0.15, -0.1) is 0 Å². The third kappa shape index (κ3) is 9.43. The molecule has 0 spiro atoms. The van der Waals surface area contributed by atoms with E-state index in [2.05, 4.69) is 6.92 Å². The predicted molar refractivity (Wildman–Crippen MR) is 75.2 cm³/mol. The molecule has 5 nitrogen and oxygen atoms in total. The summed E-state index contributed by atoms with van der Waals surface area (Å²) in [6, 6.07) is 0. The van der Waals surface area contributed by atoms with Crippen LogP contribution >= 0.6 is 16.0 Å². The van der Waals surface area contributed by atoms with Crippen molar-refractivity contribution in [3.8, 4) is 0 Å². The second kappa shape index (κ2) is 11.3. The van der Waals surface area contributed by atoms with E-state index in [9.17, 15) is 9.46 Å². The van der Waals surface area contributed by atoms with Crippen molar-refractivity contribution in [1.82, 2.24) is 0 Å². The Hall–Kier alpha value is 0.500. The van der Waals surface area contributed by atoms with Gasteiger partial charge in [-0.25, -0.2) is 0 Å². The minimum absolute atomic E-state index is 0.339. The molecule has 0 aromatic carbocycles. The largest absolute Gasteiger partial charge is 0.350 e. The second-order valence-corrected chi connectivity index (χ2v) is 7.38. The lowest BCUT2D eigenvalue weighted by atomic mass is 10.4. The summed E-state index contributed by atoms with van der Waals surface area (Å²) in [7, 11) is -4.36. The Balaban J connectivity index is 3.81. The lowest BCUT2D eigenvalue weighted by Gasteiger charge is -2.17. The number of hydrogen-bond acceptors (Lipinski definition) is 5. The van der Waals surface area contributed by atoms with Crippen LogP contribution in [0.15, 0.2) is 0 Å². The molecule has 0 amide bonds. The minimum atomic E-state index is -2.96. The van der Waals surface area contributed by atoms with Gasteiger partial charge in [0.25, 0.3) is 0 Å². The molecule has 0 bridgehead atoms. The summed E-state index contributed by atoms with van der Waals surface area (Å²) >= 11 is 0. The molecular weight excluding hydrogens is 274 g/mol.